The van der Waals surface area contributed by atoms with Crippen LogP contribution in [0.4, 0.5) is 0 Å². The Kier molecular flexibility index (Phi) is 3.31. The number of carbonyl (C=O) groups is 1. The Bertz CT molecular complexity index is 603. The van der Waals surface area contributed by atoms with Crippen molar-refractivity contribution in [3.05, 3.63) is 0 Å². The summed E-state index contributed by atoms with van der Waals surface area (Å²) in [4.78, 5) is 15.0. The first kappa shape index (κ1) is 15.4. The van der Waals surface area contributed by atoms with Gasteiger partial charge in [-0.15, -0.1) is 0 Å². The zero-order valence-corrected chi connectivity index (χ0v) is 15.5. The maximum atomic E-state index is 13.2. The van der Waals surface area contributed by atoms with E-state index < -0.39 is 9.84 Å². The Hall–Kier alpha value is -0.100. The van der Waals surface area contributed by atoms with Crippen LogP contribution in [0.1, 0.15) is 44.9 Å². The fourth-order valence-corrected chi connectivity index (χ4v) is 9.25. The minimum atomic E-state index is -2.95. The molecule has 0 unspecified atom stereocenters. The predicted octanol–water partition coefficient (Wildman–Crippen LogP) is 2.37. The summed E-state index contributed by atoms with van der Waals surface area (Å²) in [6, 6.07) is -0.114. The lowest BCUT2D eigenvalue weighted by molar-refractivity contribution is -0.155. The van der Waals surface area contributed by atoms with Crippen molar-refractivity contribution in [2.75, 3.05) is 18.6 Å². The highest BCUT2D eigenvalue weighted by molar-refractivity contribution is 9.10. The first-order valence-electron chi connectivity index (χ1n) is 8.37. The van der Waals surface area contributed by atoms with Gasteiger partial charge in [-0.2, -0.15) is 0 Å². The molecule has 124 valence electrons. The van der Waals surface area contributed by atoms with Crippen molar-refractivity contribution in [2.45, 2.75) is 55.3 Å². The third kappa shape index (κ3) is 2.36. The molecule has 4 aliphatic carbocycles. The van der Waals surface area contributed by atoms with Crippen molar-refractivity contribution in [1.82, 2.24) is 4.90 Å². The number of carbonyl (C=O) groups excluding carboxylic acids is 1. The molecule has 0 aromatic carbocycles. The van der Waals surface area contributed by atoms with Gasteiger partial charge in [0.2, 0.25) is 5.91 Å². The van der Waals surface area contributed by atoms with E-state index in [1.54, 1.807) is 4.90 Å². The van der Waals surface area contributed by atoms with Crippen LogP contribution in [0.15, 0.2) is 0 Å². The van der Waals surface area contributed by atoms with E-state index >= 15 is 0 Å². The first-order chi connectivity index (χ1) is 10.2. The summed E-state index contributed by atoms with van der Waals surface area (Å²) in [7, 11) is -1.12. The van der Waals surface area contributed by atoms with Crippen molar-refractivity contribution in [3.63, 3.8) is 0 Å². The molecular weight excluding hydrogens is 366 g/mol. The summed E-state index contributed by atoms with van der Waals surface area (Å²) in [6.45, 7) is 0. The SMILES string of the molecule is CN(C(=O)C12C[C@@H]3C[C@H](CC(Br)(C3)C1)C2)[C@@H]1CCS(=O)(=O)C1. The minimum Gasteiger partial charge on any atom is -0.341 e. The largest absolute Gasteiger partial charge is 0.341 e. The van der Waals surface area contributed by atoms with Crippen LogP contribution in [0, 0.1) is 17.3 Å². The maximum absolute atomic E-state index is 13.2. The van der Waals surface area contributed by atoms with Crippen molar-refractivity contribution in [2.24, 2.45) is 17.3 Å². The summed E-state index contributed by atoms with van der Waals surface area (Å²) in [6.07, 6.45) is 7.27. The number of hydrogen-bond acceptors (Lipinski definition) is 3. The lowest BCUT2D eigenvalue weighted by Crippen LogP contribution is -2.59. The van der Waals surface area contributed by atoms with Crippen LogP contribution in [0.2, 0.25) is 0 Å². The predicted molar refractivity (Wildman–Crippen MR) is 88.6 cm³/mol. The quantitative estimate of drug-likeness (QED) is 0.681. The van der Waals surface area contributed by atoms with Crippen molar-refractivity contribution < 1.29 is 13.2 Å². The standard InChI is InChI=1S/C16H24BrNO3S/c1-18(13-2-3-22(20,21)9-13)14(19)15-5-11-4-12(6-15)8-16(17,7-11)10-15/h11-13H,2-10H2,1H3/t11-,12-,13+,15?,16?/m0/s1. The van der Waals surface area contributed by atoms with E-state index in [9.17, 15) is 13.2 Å². The van der Waals surface area contributed by atoms with Gasteiger partial charge in [0, 0.05) is 17.4 Å². The number of alkyl halides is 1. The van der Waals surface area contributed by atoms with E-state index in [4.69, 9.17) is 0 Å². The monoisotopic (exact) mass is 389 g/mol. The molecule has 5 aliphatic rings. The molecule has 4 nitrogen and oxygen atoms in total. The maximum Gasteiger partial charge on any atom is 0.228 e. The van der Waals surface area contributed by atoms with Gasteiger partial charge in [-0.3, -0.25) is 4.79 Å². The summed E-state index contributed by atoms with van der Waals surface area (Å²) in [5.41, 5.74) is -0.227. The fourth-order valence-electron chi connectivity index (χ4n) is 6.02. The minimum absolute atomic E-state index is 0.114. The molecule has 0 spiro atoms. The van der Waals surface area contributed by atoms with Gasteiger partial charge in [0.05, 0.1) is 16.9 Å². The number of hydrogen-bond donors (Lipinski definition) is 0. The molecule has 1 heterocycles. The Morgan fingerprint density at radius 1 is 1.18 bits per heavy atom. The highest BCUT2D eigenvalue weighted by Crippen LogP contribution is 2.64. The average Bonchev–Trinajstić information content (AvgIpc) is 2.74. The van der Waals surface area contributed by atoms with Crippen LogP contribution >= 0.6 is 15.9 Å². The lowest BCUT2D eigenvalue weighted by atomic mass is 9.49. The van der Waals surface area contributed by atoms with Crippen LogP contribution in [0.5, 0.6) is 0 Å². The fraction of sp³-hybridized carbons (Fsp3) is 0.938. The third-order valence-corrected chi connectivity index (χ3v) is 9.20. The molecule has 0 aromatic heterocycles. The van der Waals surface area contributed by atoms with Crippen LogP contribution < -0.4 is 0 Å². The number of amides is 1. The molecule has 5 fully saturated rings. The van der Waals surface area contributed by atoms with Gasteiger partial charge >= 0.3 is 0 Å². The molecule has 5 rings (SSSR count). The molecule has 1 saturated heterocycles. The van der Waals surface area contributed by atoms with Crippen LogP contribution in [-0.4, -0.2) is 48.1 Å². The molecular formula is C16H24BrNO3S. The van der Waals surface area contributed by atoms with E-state index in [0.717, 1.165) is 19.3 Å². The zero-order chi connectivity index (χ0) is 15.8. The van der Waals surface area contributed by atoms with Crippen LogP contribution in [0.25, 0.3) is 0 Å². The molecule has 1 aliphatic heterocycles. The number of nitrogens with zero attached hydrogens (tertiary/aromatic N) is 1. The molecule has 22 heavy (non-hydrogen) atoms. The van der Waals surface area contributed by atoms with E-state index in [1.165, 1.54) is 19.3 Å². The average molecular weight is 390 g/mol. The van der Waals surface area contributed by atoms with Gasteiger partial charge in [0.1, 0.15) is 0 Å². The smallest absolute Gasteiger partial charge is 0.228 e. The van der Waals surface area contributed by atoms with Gasteiger partial charge in [-0.1, -0.05) is 15.9 Å². The molecule has 0 radical (unpaired) electrons. The lowest BCUT2D eigenvalue weighted by Gasteiger charge is -2.60. The molecule has 4 saturated carbocycles. The second-order valence-corrected chi connectivity index (χ2v) is 12.3. The summed E-state index contributed by atoms with van der Waals surface area (Å²) in [5.74, 6) is 1.94. The second kappa shape index (κ2) is 4.71. The first-order valence-corrected chi connectivity index (χ1v) is 11.0. The number of halogens is 1. The van der Waals surface area contributed by atoms with Gasteiger partial charge in [0.15, 0.2) is 9.84 Å². The highest BCUT2D eigenvalue weighted by atomic mass is 79.9. The molecule has 0 N–H and O–H groups in total. The van der Waals surface area contributed by atoms with Gasteiger partial charge in [-0.25, -0.2) is 8.42 Å². The van der Waals surface area contributed by atoms with Crippen LogP contribution in [-0.2, 0) is 14.6 Å². The molecule has 4 bridgehead atoms. The number of sulfone groups is 1. The van der Waals surface area contributed by atoms with Gasteiger partial charge in [0.25, 0.3) is 0 Å². The summed E-state index contributed by atoms with van der Waals surface area (Å²) < 4.78 is 23.6. The molecule has 0 aromatic rings. The number of rotatable bonds is 2. The Morgan fingerprint density at radius 3 is 2.32 bits per heavy atom. The van der Waals surface area contributed by atoms with E-state index in [2.05, 4.69) is 15.9 Å². The summed E-state index contributed by atoms with van der Waals surface area (Å²) >= 11 is 3.94. The van der Waals surface area contributed by atoms with E-state index in [0.29, 0.717) is 18.3 Å². The molecule has 1 amide bonds. The van der Waals surface area contributed by atoms with Crippen molar-refractivity contribution >= 4 is 31.7 Å². The third-order valence-electron chi connectivity index (χ3n) is 6.52. The Labute approximate surface area is 141 Å². The van der Waals surface area contributed by atoms with Crippen molar-refractivity contribution in [1.29, 1.82) is 0 Å². The highest BCUT2D eigenvalue weighted by Gasteiger charge is 2.60. The normalized spacial score (nSPS) is 48.5. The van der Waals surface area contributed by atoms with Crippen molar-refractivity contribution in [3.8, 4) is 0 Å². The van der Waals surface area contributed by atoms with E-state index in [-0.39, 0.29) is 33.2 Å². The molecule has 3 atom stereocenters. The molecule has 6 heteroatoms. The van der Waals surface area contributed by atoms with Crippen LogP contribution in [0.3, 0.4) is 0 Å². The van der Waals surface area contributed by atoms with Gasteiger partial charge in [-0.05, 0) is 56.8 Å². The summed E-state index contributed by atoms with van der Waals surface area (Å²) in [5, 5.41) is 0. The second-order valence-electron chi connectivity index (χ2n) is 8.37. The topological polar surface area (TPSA) is 54.5 Å². The van der Waals surface area contributed by atoms with Gasteiger partial charge < -0.3 is 4.90 Å². The van der Waals surface area contributed by atoms with E-state index in [1.807, 2.05) is 7.05 Å². The zero-order valence-electron chi connectivity index (χ0n) is 13.1. The Morgan fingerprint density at radius 2 is 1.82 bits per heavy atom. The Balaban J connectivity index is 1.57.